The van der Waals surface area contributed by atoms with E-state index in [1.165, 1.54) is 12.2 Å². The molecule has 0 aromatic rings. The molecule has 160 valence electrons. The Bertz CT molecular complexity index is 950. The number of alkyl halides is 6. The molecule has 0 spiro atoms. The van der Waals surface area contributed by atoms with E-state index in [-0.39, 0.29) is 17.9 Å². The molecule has 0 saturated carbocycles. The Hall–Kier alpha value is -3.38. The number of carbonyl (C=O) groups is 1. The Morgan fingerprint density at radius 1 is 1.17 bits per heavy atom. The predicted octanol–water partition coefficient (Wildman–Crippen LogP) is 4.14. The standard InChI is InChI=1S/C19H14F6N2O3/c1-12(16-8-7-15(10-26-16)29-11-18(20,21)22)27-17(28)9-13-3-2-4-14(6-5-13)30-19(23,24)25/h3-6,10,12H,9,11H2,1H3,(H,27,28)/t12-/m0/s1. The minimum atomic E-state index is -4.84. The van der Waals surface area contributed by atoms with Crippen LogP contribution in [0.5, 0.6) is 0 Å². The first-order valence-electron chi connectivity index (χ1n) is 8.29. The Labute approximate surface area is 166 Å². The maximum Gasteiger partial charge on any atom is 0.573 e. The molecule has 1 aliphatic carbocycles. The second-order valence-corrected chi connectivity index (χ2v) is 5.94. The predicted molar refractivity (Wildman–Crippen MR) is 92.7 cm³/mol. The van der Waals surface area contributed by atoms with E-state index in [1.54, 1.807) is 6.92 Å². The minimum absolute atomic E-state index is 0.169. The molecule has 2 rings (SSSR count). The molecule has 0 fully saturated rings. The first-order chi connectivity index (χ1) is 13.9. The van der Waals surface area contributed by atoms with Gasteiger partial charge in [-0.3, -0.25) is 4.79 Å². The highest BCUT2D eigenvalue weighted by Crippen LogP contribution is 2.22. The van der Waals surface area contributed by atoms with Crippen molar-refractivity contribution in [2.75, 3.05) is 6.61 Å². The van der Waals surface area contributed by atoms with Gasteiger partial charge in [0.1, 0.15) is 11.5 Å². The van der Waals surface area contributed by atoms with Gasteiger partial charge in [-0.15, -0.1) is 18.9 Å². The number of halogens is 6. The lowest BCUT2D eigenvalue weighted by Crippen LogP contribution is -2.33. The van der Waals surface area contributed by atoms with E-state index in [0.29, 0.717) is 5.57 Å². The summed E-state index contributed by atoms with van der Waals surface area (Å²) >= 11 is 0. The van der Waals surface area contributed by atoms with Gasteiger partial charge in [0.2, 0.25) is 5.91 Å². The molecule has 2 aliphatic rings. The van der Waals surface area contributed by atoms with Gasteiger partial charge in [-0.2, -0.15) is 13.2 Å². The third kappa shape index (κ3) is 8.32. The second-order valence-electron chi connectivity index (χ2n) is 5.94. The summed E-state index contributed by atoms with van der Waals surface area (Å²) in [6, 6.07) is -0.656. The monoisotopic (exact) mass is 432 g/mol. The molecule has 0 radical (unpaired) electrons. The van der Waals surface area contributed by atoms with Crippen LogP contribution in [0.4, 0.5) is 26.3 Å². The normalized spacial score (nSPS) is 16.8. The third-order valence-electron chi connectivity index (χ3n) is 3.37. The van der Waals surface area contributed by atoms with Gasteiger partial charge in [0.15, 0.2) is 12.4 Å². The number of allylic oxidation sites excluding steroid dienone is 4. The smallest absolute Gasteiger partial charge is 0.474 e. The Kier molecular flexibility index (Phi) is 7.19. The summed E-state index contributed by atoms with van der Waals surface area (Å²) in [7, 11) is 0. The van der Waals surface area contributed by atoms with Crippen molar-refractivity contribution in [2.45, 2.75) is 31.9 Å². The molecule has 1 aliphatic heterocycles. The highest BCUT2D eigenvalue weighted by Gasteiger charge is 2.31. The number of amides is 1. The van der Waals surface area contributed by atoms with Gasteiger partial charge in [0.25, 0.3) is 0 Å². The molecule has 0 aromatic heterocycles. The number of aliphatic imine (C=N–C) groups is 1. The molecule has 0 bridgehead atoms. The van der Waals surface area contributed by atoms with E-state index in [9.17, 15) is 31.1 Å². The van der Waals surface area contributed by atoms with Crippen molar-refractivity contribution in [3.8, 4) is 0 Å². The molecule has 5 nitrogen and oxygen atoms in total. The Morgan fingerprint density at radius 3 is 2.50 bits per heavy atom. The van der Waals surface area contributed by atoms with E-state index in [0.717, 1.165) is 18.4 Å². The van der Waals surface area contributed by atoms with Gasteiger partial charge in [-0.05, 0) is 36.1 Å². The lowest BCUT2D eigenvalue weighted by molar-refractivity contribution is -0.303. The van der Waals surface area contributed by atoms with E-state index >= 15 is 0 Å². The minimum Gasteiger partial charge on any atom is -0.474 e. The fourth-order valence-electron chi connectivity index (χ4n) is 2.14. The van der Waals surface area contributed by atoms with E-state index in [1.807, 2.05) is 0 Å². The largest absolute Gasteiger partial charge is 0.573 e. The molecule has 0 saturated heterocycles. The molecule has 0 aromatic carbocycles. The summed E-state index contributed by atoms with van der Waals surface area (Å²) in [5.74, 6) is -1.21. The van der Waals surface area contributed by atoms with Crippen LogP contribution in [0, 0.1) is 0 Å². The van der Waals surface area contributed by atoms with Crippen LogP contribution in [0.3, 0.4) is 0 Å². The van der Waals surface area contributed by atoms with Gasteiger partial charge >= 0.3 is 12.5 Å². The fraction of sp³-hybridized carbons (Fsp3) is 0.316. The van der Waals surface area contributed by atoms with Gasteiger partial charge in [-0.25, -0.2) is 4.99 Å². The molecule has 1 atom stereocenters. The molecule has 1 heterocycles. The fourth-order valence-corrected chi connectivity index (χ4v) is 2.14. The van der Waals surface area contributed by atoms with Crippen LogP contribution in [0.15, 0.2) is 69.3 Å². The quantitative estimate of drug-likeness (QED) is 0.486. The van der Waals surface area contributed by atoms with Crippen LogP contribution in [0.2, 0.25) is 0 Å². The zero-order valence-corrected chi connectivity index (χ0v) is 15.3. The van der Waals surface area contributed by atoms with Crippen molar-refractivity contribution < 1.29 is 40.6 Å². The van der Waals surface area contributed by atoms with E-state index in [2.05, 4.69) is 37.0 Å². The first-order valence-corrected chi connectivity index (χ1v) is 8.29. The van der Waals surface area contributed by atoms with Crippen molar-refractivity contribution in [2.24, 2.45) is 4.99 Å². The zero-order valence-electron chi connectivity index (χ0n) is 15.3. The van der Waals surface area contributed by atoms with Crippen LogP contribution in [0.25, 0.3) is 0 Å². The number of nitrogens with zero attached hydrogens (tertiary/aromatic N) is 1. The highest BCUT2D eigenvalue weighted by molar-refractivity contribution is 5.81. The average Bonchev–Trinajstić information content (AvgIpc) is 2.83. The van der Waals surface area contributed by atoms with Crippen LogP contribution in [-0.4, -0.2) is 37.3 Å². The van der Waals surface area contributed by atoms with Crippen LogP contribution in [0.1, 0.15) is 13.3 Å². The summed E-state index contributed by atoms with van der Waals surface area (Å²) < 4.78 is 81.3. The molecular weight excluding hydrogens is 418 g/mol. The summed E-state index contributed by atoms with van der Waals surface area (Å²) in [5, 5.41) is 2.58. The summed E-state index contributed by atoms with van der Waals surface area (Å²) in [5.41, 5.74) is 7.93. The third-order valence-corrected chi connectivity index (χ3v) is 3.37. The number of hydrogen-bond acceptors (Lipinski definition) is 4. The SMILES string of the molecule is C[C@H](NC(=O)CC1=CC=C(OC(F)(F)F)C=C=C1)C1=C=C=C(OCC(F)(F)F)C=N1. The molecule has 11 heteroatoms. The lowest BCUT2D eigenvalue weighted by Gasteiger charge is -2.14. The van der Waals surface area contributed by atoms with Crippen molar-refractivity contribution in [1.29, 1.82) is 0 Å². The van der Waals surface area contributed by atoms with Crippen molar-refractivity contribution in [3.05, 3.63) is 64.3 Å². The summed E-state index contributed by atoms with van der Waals surface area (Å²) in [6.07, 6.45) is -3.84. The molecular formula is C19H14F6N2O3. The topological polar surface area (TPSA) is 59.9 Å². The number of ether oxygens (including phenoxy) is 2. The Balaban J connectivity index is 1.96. The lowest BCUT2D eigenvalue weighted by atomic mass is 10.1. The van der Waals surface area contributed by atoms with Crippen molar-refractivity contribution >= 4 is 12.1 Å². The molecule has 0 unspecified atom stereocenters. The number of carbonyl (C=O) groups excluding carboxylic acids is 1. The van der Waals surface area contributed by atoms with Crippen LogP contribution in [-0.2, 0) is 14.3 Å². The summed E-state index contributed by atoms with van der Waals surface area (Å²) in [6.45, 7) is 0.0686. The first kappa shape index (κ1) is 22.9. The van der Waals surface area contributed by atoms with Crippen molar-refractivity contribution in [3.63, 3.8) is 0 Å². The maximum absolute atomic E-state index is 12.2. The number of nitrogens with one attached hydrogen (secondary N) is 1. The van der Waals surface area contributed by atoms with Crippen LogP contribution >= 0.6 is 0 Å². The highest BCUT2D eigenvalue weighted by atomic mass is 19.4. The summed E-state index contributed by atoms with van der Waals surface area (Å²) in [4.78, 5) is 16.0. The molecule has 30 heavy (non-hydrogen) atoms. The second kappa shape index (κ2) is 9.41. The van der Waals surface area contributed by atoms with Gasteiger partial charge in [0.05, 0.1) is 18.7 Å². The van der Waals surface area contributed by atoms with Gasteiger partial charge < -0.3 is 14.8 Å². The van der Waals surface area contributed by atoms with Gasteiger partial charge in [-0.1, -0.05) is 6.08 Å². The Morgan fingerprint density at radius 2 is 1.90 bits per heavy atom. The van der Waals surface area contributed by atoms with Crippen LogP contribution < -0.4 is 5.32 Å². The molecule has 1 N–H and O–H groups in total. The molecule has 1 amide bonds. The van der Waals surface area contributed by atoms with Gasteiger partial charge in [0, 0.05) is 6.08 Å². The van der Waals surface area contributed by atoms with Crippen molar-refractivity contribution in [1.82, 2.24) is 5.32 Å². The zero-order chi connectivity index (χ0) is 22.4. The number of rotatable bonds is 7. The maximum atomic E-state index is 12.2. The number of hydrogen-bond donors (Lipinski definition) is 1. The van der Waals surface area contributed by atoms with E-state index in [4.69, 9.17) is 0 Å². The van der Waals surface area contributed by atoms with E-state index < -0.39 is 36.9 Å². The average molecular weight is 432 g/mol.